The van der Waals surface area contributed by atoms with E-state index in [4.69, 9.17) is 16.3 Å². The molecule has 2 aromatic rings. The zero-order valence-electron chi connectivity index (χ0n) is 10.1. The van der Waals surface area contributed by atoms with Crippen molar-refractivity contribution in [1.29, 1.82) is 0 Å². The van der Waals surface area contributed by atoms with Crippen molar-refractivity contribution < 1.29 is 4.74 Å². The maximum atomic E-state index is 11.1. The second kappa shape index (κ2) is 5.98. The maximum Gasteiger partial charge on any atom is 0.322 e. The van der Waals surface area contributed by atoms with Crippen molar-refractivity contribution in [2.75, 3.05) is 0 Å². The molecule has 2 aromatic heterocycles. The first-order chi connectivity index (χ1) is 9.02. The highest BCUT2D eigenvalue weighted by Crippen LogP contribution is 2.22. The molecular formula is C10H10ClN5O2S. The van der Waals surface area contributed by atoms with Gasteiger partial charge in [-0.3, -0.25) is 4.79 Å². The zero-order valence-corrected chi connectivity index (χ0v) is 11.7. The van der Waals surface area contributed by atoms with Gasteiger partial charge in [0.25, 0.3) is 5.56 Å². The topological polar surface area (TPSA) is 93.6 Å². The first kappa shape index (κ1) is 13.8. The van der Waals surface area contributed by atoms with Crippen molar-refractivity contribution in [3.63, 3.8) is 0 Å². The summed E-state index contributed by atoms with van der Waals surface area (Å²) in [7, 11) is 0. The van der Waals surface area contributed by atoms with Crippen LogP contribution in [0.25, 0.3) is 0 Å². The van der Waals surface area contributed by atoms with E-state index in [-0.39, 0.29) is 23.0 Å². The average Bonchev–Trinajstić information content (AvgIpc) is 2.26. The summed E-state index contributed by atoms with van der Waals surface area (Å²) in [6, 6.07) is 1.45. The predicted molar refractivity (Wildman–Crippen MR) is 69.6 cm³/mol. The Balaban J connectivity index is 2.25. The Morgan fingerprint density at radius 1 is 1.37 bits per heavy atom. The largest absolute Gasteiger partial charge is 0.461 e. The summed E-state index contributed by atoms with van der Waals surface area (Å²) in [4.78, 5) is 29.5. The number of nitrogens with one attached hydrogen (secondary N) is 1. The third-order valence-electron chi connectivity index (χ3n) is 1.74. The number of aromatic amines is 1. The number of rotatable bonds is 4. The summed E-state index contributed by atoms with van der Waals surface area (Å²) < 4.78 is 5.34. The molecule has 0 saturated heterocycles. The Kier molecular flexibility index (Phi) is 4.33. The van der Waals surface area contributed by atoms with E-state index in [0.29, 0.717) is 10.3 Å². The lowest BCUT2D eigenvalue weighted by atomic mass is 10.5. The lowest BCUT2D eigenvalue weighted by Gasteiger charge is -2.08. The first-order valence-corrected chi connectivity index (χ1v) is 6.54. The van der Waals surface area contributed by atoms with Crippen LogP contribution in [0.3, 0.4) is 0 Å². The van der Waals surface area contributed by atoms with E-state index >= 15 is 0 Å². The molecule has 100 valence electrons. The first-order valence-electron chi connectivity index (χ1n) is 5.34. The molecule has 2 rings (SSSR count). The molecule has 0 saturated carbocycles. The summed E-state index contributed by atoms with van der Waals surface area (Å²) in [5, 5.41) is 0.682. The van der Waals surface area contributed by atoms with Gasteiger partial charge in [0.05, 0.1) is 6.10 Å². The molecule has 2 heterocycles. The van der Waals surface area contributed by atoms with Crippen LogP contribution in [0.2, 0.25) is 5.28 Å². The van der Waals surface area contributed by atoms with E-state index in [1.54, 1.807) is 0 Å². The molecule has 0 amide bonds. The molecule has 0 bridgehead atoms. The molecule has 0 spiro atoms. The highest BCUT2D eigenvalue weighted by atomic mass is 35.5. The standard InChI is InChI=1S/C10H10ClN5O2S/c1-5(2)18-8-14-7(11)15-10(16-8)19-9-12-4-3-6(17)13-9/h3-5H,1-2H3,(H,12,13,17). The predicted octanol–water partition coefficient (Wildman–Crippen LogP) is 1.55. The Bertz CT molecular complexity index is 633. The molecule has 0 aromatic carbocycles. The fourth-order valence-electron chi connectivity index (χ4n) is 1.11. The second-order valence-electron chi connectivity index (χ2n) is 3.68. The number of hydrogen-bond donors (Lipinski definition) is 1. The summed E-state index contributed by atoms with van der Waals surface area (Å²) in [6.45, 7) is 3.70. The average molecular weight is 300 g/mol. The van der Waals surface area contributed by atoms with Crippen molar-refractivity contribution in [3.8, 4) is 6.01 Å². The summed E-state index contributed by atoms with van der Waals surface area (Å²) >= 11 is 6.85. The molecule has 0 aliphatic carbocycles. The fourth-order valence-corrected chi connectivity index (χ4v) is 2.01. The van der Waals surface area contributed by atoms with Gasteiger partial charge in [-0.15, -0.1) is 0 Å². The maximum absolute atomic E-state index is 11.1. The van der Waals surface area contributed by atoms with E-state index in [0.717, 1.165) is 11.8 Å². The molecule has 0 unspecified atom stereocenters. The van der Waals surface area contributed by atoms with E-state index in [1.165, 1.54) is 12.3 Å². The summed E-state index contributed by atoms with van der Waals surface area (Å²) in [5.74, 6) is 0. The zero-order chi connectivity index (χ0) is 13.8. The number of ether oxygens (including phenoxy) is 1. The fraction of sp³-hybridized carbons (Fsp3) is 0.300. The number of halogens is 1. The number of H-pyrrole nitrogens is 1. The van der Waals surface area contributed by atoms with Gasteiger partial charge in [0, 0.05) is 12.3 Å². The van der Waals surface area contributed by atoms with Gasteiger partial charge in [-0.25, -0.2) is 4.98 Å². The van der Waals surface area contributed by atoms with Gasteiger partial charge in [0.1, 0.15) is 0 Å². The van der Waals surface area contributed by atoms with Crippen LogP contribution in [0.4, 0.5) is 0 Å². The van der Waals surface area contributed by atoms with E-state index in [9.17, 15) is 4.79 Å². The van der Waals surface area contributed by atoms with Crippen LogP contribution in [0.5, 0.6) is 6.01 Å². The molecular weight excluding hydrogens is 290 g/mol. The van der Waals surface area contributed by atoms with Crippen LogP contribution in [0, 0.1) is 0 Å². The van der Waals surface area contributed by atoms with Gasteiger partial charge in [0.15, 0.2) is 5.16 Å². The van der Waals surface area contributed by atoms with Crippen LogP contribution in [-0.2, 0) is 0 Å². The quantitative estimate of drug-likeness (QED) is 0.856. The minimum Gasteiger partial charge on any atom is -0.461 e. The third-order valence-corrected chi connectivity index (χ3v) is 2.68. The lowest BCUT2D eigenvalue weighted by molar-refractivity contribution is 0.219. The number of aromatic nitrogens is 5. The summed E-state index contributed by atoms with van der Waals surface area (Å²) in [5.41, 5.74) is -0.253. The number of hydrogen-bond acceptors (Lipinski definition) is 7. The van der Waals surface area contributed by atoms with Crippen molar-refractivity contribution >= 4 is 23.4 Å². The van der Waals surface area contributed by atoms with Crippen molar-refractivity contribution in [3.05, 3.63) is 27.9 Å². The molecule has 0 atom stereocenters. The smallest absolute Gasteiger partial charge is 0.322 e. The monoisotopic (exact) mass is 299 g/mol. The highest BCUT2D eigenvalue weighted by molar-refractivity contribution is 7.99. The van der Waals surface area contributed by atoms with Gasteiger partial charge in [-0.05, 0) is 37.2 Å². The molecule has 1 N–H and O–H groups in total. The van der Waals surface area contributed by atoms with Crippen LogP contribution in [-0.4, -0.2) is 31.0 Å². The second-order valence-corrected chi connectivity index (χ2v) is 4.97. The van der Waals surface area contributed by atoms with Crippen LogP contribution in [0.15, 0.2) is 27.4 Å². The highest BCUT2D eigenvalue weighted by Gasteiger charge is 2.10. The van der Waals surface area contributed by atoms with E-state index in [1.807, 2.05) is 13.8 Å². The van der Waals surface area contributed by atoms with Crippen LogP contribution < -0.4 is 10.3 Å². The van der Waals surface area contributed by atoms with Gasteiger partial charge in [0.2, 0.25) is 10.4 Å². The van der Waals surface area contributed by atoms with Crippen molar-refractivity contribution in [2.24, 2.45) is 0 Å². The minimum atomic E-state index is -0.253. The SMILES string of the molecule is CC(C)Oc1nc(Cl)nc(Sc2nccc(=O)[nH]2)n1. The van der Waals surface area contributed by atoms with E-state index in [2.05, 4.69) is 24.9 Å². The molecule has 7 nitrogen and oxygen atoms in total. The van der Waals surface area contributed by atoms with Gasteiger partial charge in [-0.2, -0.15) is 15.0 Å². The third kappa shape index (κ3) is 4.18. The van der Waals surface area contributed by atoms with Gasteiger partial charge < -0.3 is 9.72 Å². The molecule has 0 radical (unpaired) electrons. The Morgan fingerprint density at radius 3 is 2.84 bits per heavy atom. The lowest BCUT2D eigenvalue weighted by Crippen LogP contribution is -2.10. The van der Waals surface area contributed by atoms with Crippen molar-refractivity contribution in [1.82, 2.24) is 24.9 Å². The summed E-state index contributed by atoms with van der Waals surface area (Å²) in [6.07, 6.45) is 1.32. The molecule has 0 aliphatic heterocycles. The Labute approximate surface area is 117 Å². The van der Waals surface area contributed by atoms with Gasteiger partial charge >= 0.3 is 6.01 Å². The molecule has 19 heavy (non-hydrogen) atoms. The normalized spacial score (nSPS) is 10.7. The Hall–Kier alpha value is -1.67. The minimum absolute atomic E-state index is 0.0198. The van der Waals surface area contributed by atoms with E-state index < -0.39 is 0 Å². The molecule has 0 aliphatic rings. The Morgan fingerprint density at radius 2 is 2.16 bits per heavy atom. The number of nitrogens with zero attached hydrogens (tertiary/aromatic N) is 4. The van der Waals surface area contributed by atoms with Crippen LogP contribution >= 0.6 is 23.4 Å². The van der Waals surface area contributed by atoms with Gasteiger partial charge in [-0.1, -0.05) is 0 Å². The molecule has 9 heteroatoms. The van der Waals surface area contributed by atoms with Crippen LogP contribution in [0.1, 0.15) is 13.8 Å². The molecule has 0 fully saturated rings. The van der Waals surface area contributed by atoms with Crippen molar-refractivity contribution in [2.45, 2.75) is 30.3 Å².